The summed E-state index contributed by atoms with van der Waals surface area (Å²) in [6.07, 6.45) is 9.21. The molecule has 0 unspecified atom stereocenters. The van der Waals surface area contributed by atoms with Crippen LogP contribution in [0.2, 0.25) is 0 Å². The molecule has 1 aromatic carbocycles. The van der Waals surface area contributed by atoms with E-state index in [0.29, 0.717) is 6.04 Å². The minimum Gasteiger partial charge on any atom is -0.292 e. The van der Waals surface area contributed by atoms with Gasteiger partial charge in [0, 0.05) is 36.1 Å². The van der Waals surface area contributed by atoms with Crippen LogP contribution in [0.3, 0.4) is 0 Å². The first-order chi connectivity index (χ1) is 12.3. The number of benzene rings is 1. The summed E-state index contributed by atoms with van der Waals surface area (Å²) < 4.78 is 13.6. The lowest BCUT2D eigenvalue weighted by Gasteiger charge is -2.35. The van der Waals surface area contributed by atoms with E-state index < -0.39 is 0 Å². The van der Waals surface area contributed by atoms with Crippen molar-refractivity contribution in [3.05, 3.63) is 71.9 Å². The predicted octanol–water partition coefficient (Wildman–Crippen LogP) is 4.34. The molecular weight excluding hydrogens is 315 g/mol. The van der Waals surface area contributed by atoms with Gasteiger partial charge in [-0.1, -0.05) is 24.6 Å². The summed E-state index contributed by atoms with van der Waals surface area (Å²) in [7, 11) is 0. The topological polar surface area (TPSA) is 44.8 Å². The van der Waals surface area contributed by atoms with Crippen LogP contribution < -0.4 is 0 Å². The number of hydrogen-bond acceptors (Lipinski definition) is 3. The molecule has 2 aromatic heterocycles. The van der Waals surface area contributed by atoms with Gasteiger partial charge in [0.15, 0.2) is 0 Å². The Balaban J connectivity index is 1.60. The first-order valence-corrected chi connectivity index (χ1v) is 8.73. The molecule has 4 nitrogen and oxygen atoms in total. The van der Waals surface area contributed by atoms with Gasteiger partial charge in [0.1, 0.15) is 5.82 Å². The van der Waals surface area contributed by atoms with Gasteiger partial charge in [0.05, 0.1) is 11.9 Å². The van der Waals surface area contributed by atoms with Crippen molar-refractivity contribution in [3.8, 4) is 11.3 Å². The number of aromatic nitrogens is 3. The molecule has 0 bridgehead atoms. The average Bonchev–Trinajstić information content (AvgIpc) is 3.11. The Labute approximate surface area is 146 Å². The molecule has 0 aliphatic carbocycles. The Bertz CT molecular complexity index is 830. The summed E-state index contributed by atoms with van der Waals surface area (Å²) in [6, 6.07) is 11.2. The molecule has 1 saturated heterocycles. The molecule has 0 radical (unpaired) electrons. The van der Waals surface area contributed by atoms with E-state index >= 15 is 0 Å². The zero-order valence-electron chi connectivity index (χ0n) is 14.0. The molecule has 128 valence electrons. The summed E-state index contributed by atoms with van der Waals surface area (Å²) in [5.41, 5.74) is 4.09. The number of rotatable bonds is 4. The highest BCUT2D eigenvalue weighted by molar-refractivity contribution is 5.62. The highest BCUT2D eigenvalue weighted by Gasteiger charge is 2.25. The molecule has 0 amide bonds. The van der Waals surface area contributed by atoms with Gasteiger partial charge in [-0.2, -0.15) is 5.10 Å². The van der Waals surface area contributed by atoms with Crippen molar-refractivity contribution in [1.82, 2.24) is 20.1 Å². The van der Waals surface area contributed by atoms with E-state index in [-0.39, 0.29) is 5.82 Å². The van der Waals surface area contributed by atoms with Crippen LogP contribution in [0.5, 0.6) is 0 Å². The van der Waals surface area contributed by atoms with Crippen LogP contribution in [-0.2, 0) is 6.54 Å². The largest absolute Gasteiger partial charge is 0.292 e. The highest BCUT2D eigenvalue weighted by atomic mass is 19.1. The van der Waals surface area contributed by atoms with Crippen molar-refractivity contribution in [2.45, 2.75) is 31.8 Å². The van der Waals surface area contributed by atoms with Crippen molar-refractivity contribution in [2.24, 2.45) is 0 Å². The van der Waals surface area contributed by atoms with Crippen molar-refractivity contribution < 1.29 is 4.39 Å². The summed E-state index contributed by atoms with van der Waals surface area (Å²) >= 11 is 0. The lowest BCUT2D eigenvalue weighted by molar-refractivity contribution is 0.140. The van der Waals surface area contributed by atoms with E-state index in [9.17, 15) is 4.39 Å². The van der Waals surface area contributed by atoms with Crippen molar-refractivity contribution in [1.29, 1.82) is 0 Å². The lowest BCUT2D eigenvalue weighted by Crippen LogP contribution is -2.33. The van der Waals surface area contributed by atoms with E-state index in [2.05, 4.69) is 26.1 Å². The van der Waals surface area contributed by atoms with E-state index in [0.717, 1.165) is 36.3 Å². The molecule has 1 aliphatic rings. The normalized spacial score (nSPS) is 18.4. The summed E-state index contributed by atoms with van der Waals surface area (Å²) in [4.78, 5) is 6.76. The molecule has 4 rings (SSSR count). The maximum Gasteiger partial charge on any atom is 0.123 e. The second-order valence-corrected chi connectivity index (χ2v) is 6.55. The van der Waals surface area contributed by atoms with Gasteiger partial charge in [0.25, 0.3) is 0 Å². The van der Waals surface area contributed by atoms with Crippen LogP contribution in [-0.4, -0.2) is 26.6 Å². The Morgan fingerprint density at radius 2 is 2.12 bits per heavy atom. The number of hydrogen-bond donors (Lipinski definition) is 1. The van der Waals surface area contributed by atoms with Crippen LogP contribution in [0.4, 0.5) is 4.39 Å². The van der Waals surface area contributed by atoms with Crippen LogP contribution in [0.1, 0.15) is 36.4 Å². The van der Waals surface area contributed by atoms with Crippen LogP contribution in [0, 0.1) is 5.82 Å². The molecule has 0 spiro atoms. The lowest BCUT2D eigenvalue weighted by atomic mass is 9.95. The number of nitrogens with zero attached hydrogens (tertiary/aromatic N) is 3. The third kappa shape index (κ3) is 3.46. The second-order valence-electron chi connectivity index (χ2n) is 6.55. The monoisotopic (exact) mass is 336 g/mol. The fraction of sp³-hybridized carbons (Fsp3) is 0.300. The fourth-order valence-corrected chi connectivity index (χ4v) is 3.67. The number of likely N-dealkylation sites (tertiary alicyclic amines) is 1. The van der Waals surface area contributed by atoms with Gasteiger partial charge in [-0.3, -0.25) is 15.0 Å². The van der Waals surface area contributed by atoms with Gasteiger partial charge >= 0.3 is 0 Å². The molecule has 5 heteroatoms. The fourth-order valence-electron chi connectivity index (χ4n) is 3.67. The van der Waals surface area contributed by atoms with Gasteiger partial charge in [0.2, 0.25) is 0 Å². The quantitative estimate of drug-likeness (QED) is 0.771. The van der Waals surface area contributed by atoms with Gasteiger partial charge in [-0.05, 0) is 43.1 Å². The second kappa shape index (κ2) is 7.15. The molecule has 0 saturated carbocycles. The third-order valence-electron chi connectivity index (χ3n) is 4.89. The van der Waals surface area contributed by atoms with E-state index in [1.807, 2.05) is 30.7 Å². The van der Waals surface area contributed by atoms with Crippen molar-refractivity contribution in [2.75, 3.05) is 6.54 Å². The SMILES string of the molecule is Fc1cccc(-c2[nH]ncc2CN2CCCC[C@H]2c2cccnc2)c1. The molecule has 1 fully saturated rings. The van der Waals surface area contributed by atoms with Gasteiger partial charge in [-0.15, -0.1) is 0 Å². The number of H-pyrrole nitrogens is 1. The summed E-state index contributed by atoms with van der Waals surface area (Å²) in [5.74, 6) is -0.232. The standard InChI is InChI=1S/C20H21FN4/c21-18-7-3-5-15(11-18)20-17(13-23-24-20)14-25-10-2-1-8-19(25)16-6-4-9-22-12-16/h3-7,9,11-13,19H,1-2,8,10,14H2,(H,23,24)/t19-/m0/s1. The zero-order chi connectivity index (χ0) is 17.1. The molecule has 3 aromatic rings. The Morgan fingerprint density at radius 1 is 1.16 bits per heavy atom. The summed E-state index contributed by atoms with van der Waals surface area (Å²) in [5, 5.41) is 7.24. The Kier molecular flexibility index (Phi) is 4.57. The van der Waals surface area contributed by atoms with E-state index in [1.165, 1.54) is 24.5 Å². The Hall–Kier alpha value is -2.53. The van der Waals surface area contributed by atoms with Crippen LogP contribution in [0.25, 0.3) is 11.3 Å². The maximum atomic E-state index is 13.6. The van der Waals surface area contributed by atoms with Crippen LogP contribution >= 0.6 is 0 Å². The van der Waals surface area contributed by atoms with Crippen molar-refractivity contribution in [3.63, 3.8) is 0 Å². The van der Waals surface area contributed by atoms with Crippen LogP contribution in [0.15, 0.2) is 55.0 Å². The van der Waals surface area contributed by atoms with Gasteiger partial charge in [-0.25, -0.2) is 4.39 Å². The molecular formula is C20H21FN4. The number of piperidine rings is 1. The predicted molar refractivity (Wildman–Crippen MR) is 95.2 cm³/mol. The van der Waals surface area contributed by atoms with E-state index in [4.69, 9.17) is 0 Å². The third-order valence-corrected chi connectivity index (χ3v) is 4.89. The molecule has 3 heterocycles. The minimum atomic E-state index is -0.232. The zero-order valence-corrected chi connectivity index (χ0v) is 14.0. The first-order valence-electron chi connectivity index (χ1n) is 8.73. The minimum absolute atomic E-state index is 0.232. The van der Waals surface area contributed by atoms with Gasteiger partial charge < -0.3 is 0 Å². The Morgan fingerprint density at radius 3 is 2.96 bits per heavy atom. The van der Waals surface area contributed by atoms with E-state index in [1.54, 1.807) is 12.1 Å². The number of aromatic amines is 1. The number of nitrogens with one attached hydrogen (secondary N) is 1. The highest BCUT2D eigenvalue weighted by Crippen LogP contribution is 2.33. The smallest absolute Gasteiger partial charge is 0.123 e. The molecule has 1 N–H and O–H groups in total. The molecule has 1 atom stereocenters. The summed E-state index contributed by atoms with van der Waals surface area (Å²) in [6.45, 7) is 1.84. The van der Waals surface area contributed by atoms with Crippen molar-refractivity contribution >= 4 is 0 Å². The molecule has 25 heavy (non-hydrogen) atoms. The maximum absolute atomic E-state index is 13.6. The first kappa shape index (κ1) is 16.0. The average molecular weight is 336 g/mol. The number of pyridine rings is 1. The molecule has 1 aliphatic heterocycles. The number of halogens is 1.